The molecule has 1 heteroatoms. The summed E-state index contributed by atoms with van der Waals surface area (Å²) in [5, 5.41) is 0. The molecule has 2 rings (SSSR count). The van der Waals surface area contributed by atoms with Crippen molar-refractivity contribution in [2.75, 3.05) is 6.61 Å². The molecule has 1 aliphatic heterocycles. The van der Waals surface area contributed by atoms with E-state index in [1.165, 1.54) is 32.1 Å². The molecule has 0 bridgehead atoms. The molecule has 1 saturated carbocycles. The molecule has 0 radical (unpaired) electrons. The Labute approximate surface area is 94.6 Å². The third kappa shape index (κ3) is 1.95. The predicted molar refractivity (Wildman–Crippen MR) is 63.9 cm³/mol. The molecule has 0 aromatic heterocycles. The van der Waals surface area contributed by atoms with Crippen LogP contribution in [0.1, 0.15) is 59.8 Å². The summed E-state index contributed by atoms with van der Waals surface area (Å²) in [5.74, 6) is 1.75. The van der Waals surface area contributed by atoms with Gasteiger partial charge in [0.05, 0.1) is 5.60 Å². The first-order valence-electron chi connectivity index (χ1n) is 6.62. The third-order valence-corrected chi connectivity index (χ3v) is 5.34. The minimum absolute atomic E-state index is 0.236. The quantitative estimate of drug-likeness (QED) is 0.669. The molecule has 0 spiro atoms. The minimum atomic E-state index is 0.236. The van der Waals surface area contributed by atoms with E-state index in [-0.39, 0.29) is 5.60 Å². The summed E-state index contributed by atoms with van der Waals surface area (Å²) in [5.41, 5.74) is 0.768. The van der Waals surface area contributed by atoms with E-state index >= 15 is 0 Å². The smallest absolute Gasteiger partial charge is 0.0683 e. The molecule has 0 N–H and O–H groups in total. The van der Waals surface area contributed by atoms with Crippen molar-refractivity contribution in [1.82, 2.24) is 0 Å². The first kappa shape index (κ1) is 11.4. The largest absolute Gasteiger partial charge is 0.375 e. The van der Waals surface area contributed by atoms with Crippen molar-refractivity contribution in [2.24, 2.45) is 17.3 Å². The van der Waals surface area contributed by atoms with Gasteiger partial charge in [-0.2, -0.15) is 0 Å². The number of fused-ring (bicyclic) bond motifs is 1. The van der Waals surface area contributed by atoms with E-state index in [4.69, 9.17) is 4.74 Å². The topological polar surface area (TPSA) is 9.23 Å². The molecule has 1 saturated heterocycles. The van der Waals surface area contributed by atoms with Crippen molar-refractivity contribution in [1.29, 1.82) is 0 Å². The molecule has 1 nitrogen and oxygen atoms in total. The van der Waals surface area contributed by atoms with Crippen molar-refractivity contribution >= 4 is 0 Å². The van der Waals surface area contributed by atoms with Crippen LogP contribution in [-0.4, -0.2) is 12.2 Å². The highest BCUT2D eigenvalue weighted by molar-refractivity contribution is 4.97. The van der Waals surface area contributed by atoms with Crippen molar-refractivity contribution in [3.8, 4) is 0 Å². The molecular weight excluding hydrogens is 184 g/mol. The average molecular weight is 210 g/mol. The Kier molecular flexibility index (Phi) is 2.87. The van der Waals surface area contributed by atoms with Gasteiger partial charge in [-0.15, -0.1) is 0 Å². The van der Waals surface area contributed by atoms with Gasteiger partial charge in [0.2, 0.25) is 0 Å². The normalized spacial score (nSPS) is 41.6. The van der Waals surface area contributed by atoms with E-state index in [9.17, 15) is 0 Å². The SMILES string of the molecule is CCC(C)(C)C1CCC2(C)OCCC2C1. The van der Waals surface area contributed by atoms with Gasteiger partial charge in [-0.25, -0.2) is 0 Å². The maximum atomic E-state index is 5.94. The van der Waals surface area contributed by atoms with E-state index in [1.54, 1.807) is 0 Å². The fraction of sp³-hybridized carbons (Fsp3) is 1.00. The molecule has 1 aliphatic carbocycles. The van der Waals surface area contributed by atoms with Gasteiger partial charge in [0, 0.05) is 6.61 Å². The second-order valence-electron chi connectivity index (χ2n) is 6.46. The Balaban J connectivity index is 2.04. The zero-order valence-electron chi connectivity index (χ0n) is 10.8. The van der Waals surface area contributed by atoms with Crippen LogP contribution in [0, 0.1) is 17.3 Å². The Morgan fingerprint density at radius 3 is 2.73 bits per heavy atom. The molecule has 2 aliphatic rings. The number of rotatable bonds is 2. The lowest BCUT2D eigenvalue weighted by Gasteiger charge is -2.44. The Morgan fingerprint density at radius 2 is 2.07 bits per heavy atom. The molecule has 0 amide bonds. The van der Waals surface area contributed by atoms with Gasteiger partial charge in [-0.1, -0.05) is 27.2 Å². The lowest BCUT2D eigenvalue weighted by molar-refractivity contribution is -0.0547. The van der Waals surface area contributed by atoms with Crippen molar-refractivity contribution in [3.63, 3.8) is 0 Å². The van der Waals surface area contributed by atoms with Crippen molar-refractivity contribution < 1.29 is 4.74 Å². The van der Waals surface area contributed by atoms with Gasteiger partial charge in [-0.3, -0.25) is 0 Å². The zero-order chi connectivity index (χ0) is 11.1. The van der Waals surface area contributed by atoms with E-state index in [1.807, 2.05) is 0 Å². The molecule has 15 heavy (non-hydrogen) atoms. The van der Waals surface area contributed by atoms with Crippen LogP contribution >= 0.6 is 0 Å². The molecule has 0 aromatic carbocycles. The first-order chi connectivity index (χ1) is 6.98. The van der Waals surface area contributed by atoms with Crippen LogP contribution in [-0.2, 0) is 4.74 Å². The average Bonchev–Trinajstić information content (AvgIpc) is 2.58. The van der Waals surface area contributed by atoms with Crippen LogP contribution < -0.4 is 0 Å². The highest BCUT2D eigenvalue weighted by Gasteiger charge is 2.46. The number of ether oxygens (including phenoxy) is 1. The first-order valence-corrected chi connectivity index (χ1v) is 6.62. The minimum Gasteiger partial charge on any atom is -0.375 e. The molecule has 3 unspecified atom stereocenters. The summed E-state index contributed by atoms with van der Waals surface area (Å²) in [7, 11) is 0. The lowest BCUT2D eigenvalue weighted by Crippen LogP contribution is -2.41. The predicted octanol–water partition coefficient (Wildman–Crippen LogP) is 4.02. The number of hydrogen-bond acceptors (Lipinski definition) is 1. The van der Waals surface area contributed by atoms with Crippen molar-refractivity contribution in [2.45, 2.75) is 65.4 Å². The van der Waals surface area contributed by atoms with Crippen LogP contribution in [0.4, 0.5) is 0 Å². The summed E-state index contributed by atoms with van der Waals surface area (Å²) in [6, 6.07) is 0. The van der Waals surface area contributed by atoms with E-state index in [2.05, 4.69) is 27.7 Å². The molecule has 2 fully saturated rings. The fourth-order valence-corrected chi connectivity index (χ4v) is 3.42. The van der Waals surface area contributed by atoms with Gasteiger partial charge in [0.1, 0.15) is 0 Å². The van der Waals surface area contributed by atoms with Gasteiger partial charge in [-0.05, 0) is 49.9 Å². The van der Waals surface area contributed by atoms with Crippen molar-refractivity contribution in [3.05, 3.63) is 0 Å². The van der Waals surface area contributed by atoms with Gasteiger partial charge in [0.25, 0.3) is 0 Å². The monoisotopic (exact) mass is 210 g/mol. The van der Waals surface area contributed by atoms with E-state index in [0.29, 0.717) is 5.41 Å². The Hall–Kier alpha value is -0.0400. The zero-order valence-corrected chi connectivity index (χ0v) is 10.8. The van der Waals surface area contributed by atoms with Crippen LogP contribution in [0.3, 0.4) is 0 Å². The van der Waals surface area contributed by atoms with Crippen LogP contribution in [0.15, 0.2) is 0 Å². The van der Waals surface area contributed by atoms with E-state index in [0.717, 1.165) is 18.4 Å². The van der Waals surface area contributed by atoms with Crippen LogP contribution in [0.25, 0.3) is 0 Å². The summed E-state index contributed by atoms with van der Waals surface area (Å²) in [4.78, 5) is 0. The maximum absolute atomic E-state index is 5.94. The Morgan fingerprint density at radius 1 is 1.33 bits per heavy atom. The maximum Gasteiger partial charge on any atom is 0.0683 e. The number of hydrogen-bond donors (Lipinski definition) is 0. The van der Waals surface area contributed by atoms with Crippen LogP contribution in [0.5, 0.6) is 0 Å². The summed E-state index contributed by atoms with van der Waals surface area (Å²) in [6.45, 7) is 10.5. The standard InChI is InChI=1S/C14H26O/c1-5-13(2,3)11-6-8-14(4)12(10-11)7-9-15-14/h11-12H,5-10H2,1-4H3. The van der Waals surface area contributed by atoms with E-state index < -0.39 is 0 Å². The second-order valence-corrected chi connectivity index (χ2v) is 6.46. The van der Waals surface area contributed by atoms with Gasteiger partial charge >= 0.3 is 0 Å². The summed E-state index contributed by atoms with van der Waals surface area (Å²) in [6.07, 6.45) is 6.66. The highest BCUT2D eigenvalue weighted by Crippen LogP contribution is 2.50. The lowest BCUT2D eigenvalue weighted by atomic mass is 9.63. The molecule has 88 valence electrons. The fourth-order valence-electron chi connectivity index (χ4n) is 3.42. The summed E-state index contributed by atoms with van der Waals surface area (Å²) >= 11 is 0. The molecule has 3 atom stereocenters. The molecule has 1 heterocycles. The van der Waals surface area contributed by atoms with Gasteiger partial charge < -0.3 is 4.74 Å². The molecular formula is C14H26O. The molecule has 0 aromatic rings. The van der Waals surface area contributed by atoms with Gasteiger partial charge in [0.15, 0.2) is 0 Å². The van der Waals surface area contributed by atoms with Crippen LogP contribution in [0.2, 0.25) is 0 Å². The third-order valence-electron chi connectivity index (χ3n) is 5.34. The second kappa shape index (κ2) is 3.76. The summed E-state index contributed by atoms with van der Waals surface area (Å²) < 4.78 is 5.94. The highest BCUT2D eigenvalue weighted by atomic mass is 16.5. The Bertz CT molecular complexity index is 233.